The molecule has 0 fully saturated rings. The molecule has 5 heteroatoms. The molecule has 1 rings (SSSR count). The molecule has 0 spiro atoms. The fourth-order valence-corrected chi connectivity index (χ4v) is 1.07. The second-order valence-corrected chi connectivity index (χ2v) is 2.64. The first-order chi connectivity index (χ1) is 6.69. The van der Waals surface area contributed by atoms with Crippen LogP contribution in [-0.2, 0) is 20.7 Å². The Balaban J connectivity index is 2.82. The molecule has 0 aliphatic heterocycles. The monoisotopic (exact) mass is 197 g/mol. The number of hydrogen-bond acceptors (Lipinski definition) is 4. The van der Waals surface area contributed by atoms with E-state index in [0.717, 1.165) is 0 Å². The van der Waals surface area contributed by atoms with Gasteiger partial charge in [-0.3, -0.25) is 4.79 Å². The van der Waals surface area contributed by atoms with Crippen molar-refractivity contribution >= 4 is 11.9 Å². The van der Waals surface area contributed by atoms with Gasteiger partial charge in [-0.1, -0.05) is 0 Å². The summed E-state index contributed by atoms with van der Waals surface area (Å²) in [7, 11) is 2.59. The van der Waals surface area contributed by atoms with Crippen LogP contribution in [0.15, 0.2) is 12.4 Å². The number of aromatic amines is 1. The van der Waals surface area contributed by atoms with Gasteiger partial charge in [0.25, 0.3) is 0 Å². The van der Waals surface area contributed by atoms with E-state index in [4.69, 9.17) is 0 Å². The first-order valence-electron chi connectivity index (χ1n) is 3.99. The Bertz CT molecular complexity index is 342. The number of aromatic nitrogens is 1. The normalized spacial score (nSPS) is 9.57. The number of methoxy groups -OCH3 is 2. The van der Waals surface area contributed by atoms with Crippen LogP contribution in [0.3, 0.4) is 0 Å². The summed E-state index contributed by atoms with van der Waals surface area (Å²) in [5, 5.41) is 0. The van der Waals surface area contributed by atoms with Crippen molar-refractivity contribution in [3.63, 3.8) is 0 Å². The highest BCUT2D eigenvalue weighted by atomic mass is 16.5. The third-order valence-electron chi connectivity index (χ3n) is 1.80. The van der Waals surface area contributed by atoms with E-state index in [9.17, 15) is 9.59 Å². The Labute approximate surface area is 81.0 Å². The second-order valence-electron chi connectivity index (χ2n) is 2.64. The summed E-state index contributed by atoms with van der Waals surface area (Å²) in [4.78, 5) is 24.9. The third-order valence-corrected chi connectivity index (χ3v) is 1.80. The molecule has 76 valence electrons. The zero-order valence-electron chi connectivity index (χ0n) is 7.99. The van der Waals surface area contributed by atoms with E-state index in [1.54, 1.807) is 6.20 Å². The minimum absolute atomic E-state index is 0.0600. The molecule has 0 aromatic carbocycles. The Morgan fingerprint density at radius 1 is 1.29 bits per heavy atom. The van der Waals surface area contributed by atoms with Gasteiger partial charge in [0.05, 0.1) is 26.2 Å². The van der Waals surface area contributed by atoms with Crippen molar-refractivity contribution in [2.75, 3.05) is 14.2 Å². The number of rotatable bonds is 3. The van der Waals surface area contributed by atoms with Crippen LogP contribution >= 0.6 is 0 Å². The van der Waals surface area contributed by atoms with Gasteiger partial charge in [-0.2, -0.15) is 0 Å². The van der Waals surface area contributed by atoms with Crippen LogP contribution in [0.4, 0.5) is 0 Å². The molecule has 0 atom stereocenters. The van der Waals surface area contributed by atoms with Crippen molar-refractivity contribution < 1.29 is 19.1 Å². The molecular formula is C9H11NO4. The Kier molecular flexibility index (Phi) is 3.28. The van der Waals surface area contributed by atoms with E-state index < -0.39 is 11.9 Å². The van der Waals surface area contributed by atoms with Crippen LogP contribution in [-0.4, -0.2) is 31.1 Å². The molecule has 0 aliphatic carbocycles. The lowest BCUT2D eigenvalue weighted by Gasteiger charge is -2.00. The first kappa shape index (κ1) is 10.3. The zero-order valence-corrected chi connectivity index (χ0v) is 7.99. The Hall–Kier alpha value is -1.78. The lowest BCUT2D eigenvalue weighted by atomic mass is 10.1. The first-order valence-corrected chi connectivity index (χ1v) is 3.99. The van der Waals surface area contributed by atoms with Gasteiger partial charge in [0.15, 0.2) is 0 Å². The highest BCUT2D eigenvalue weighted by Crippen LogP contribution is 2.10. The van der Waals surface area contributed by atoms with Crippen LogP contribution in [0.1, 0.15) is 15.9 Å². The standard InChI is InChI=1S/C9H11NO4/c1-13-8(11)3-6-4-10-5-7(6)9(12)14-2/h4-5,10H,3H2,1-2H3. The maximum absolute atomic E-state index is 11.2. The zero-order chi connectivity index (χ0) is 10.6. The van der Waals surface area contributed by atoms with E-state index in [-0.39, 0.29) is 6.42 Å². The quantitative estimate of drug-likeness (QED) is 0.717. The number of H-pyrrole nitrogens is 1. The highest BCUT2D eigenvalue weighted by molar-refractivity contribution is 5.92. The summed E-state index contributed by atoms with van der Waals surface area (Å²) < 4.78 is 9.03. The number of hydrogen-bond donors (Lipinski definition) is 1. The van der Waals surface area contributed by atoms with Crippen LogP contribution < -0.4 is 0 Å². The number of carbonyl (C=O) groups is 2. The van der Waals surface area contributed by atoms with E-state index in [1.807, 2.05) is 0 Å². The van der Waals surface area contributed by atoms with Crippen molar-refractivity contribution in [1.29, 1.82) is 0 Å². The van der Waals surface area contributed by atoms with Crippen molar-refractivity contribution in [3.05, 3.63) is 23.5 Å². The Morgan fingerprint density at radius 2 is 2.00 bits per heavy atom. The van der Waals surface area contributed by atoms with Crippen molar-refractivity contribution in [2.24, 2.45) is 0 Å². The molecule has 0 unspecified atom stereocenters. The molecule has 0 saturated carbocycles. The van der Waals surface area contributed by atoms with Crippen LogP contribution in [0.25, 0.3) is 0 Å². The van der Waals surface area contributed by atoms with Crippen LogP contribution in [0.2, 0.25) is 0 Å². The van der Waals surface area contributed by atoms with Gasteiger partial charge in [0.1, 0.15) is 0 Å². The topological polar surface area (TPSA) is 68.4 Å². The fraction of sp³-hybridized carbons (Fsp3) is 0.333. The summed E-state index contributed by atoms with van der Waals surface area (Å²) in [6, 6.07) is 0. The fourth-order valence-electron chi connectivity index (χ4n) is 1.07. The number of esters is 2. The second kappa shape index (κ2) is 4.45. The summed E-state index contributed by atoms with van der Waals surface area (Å²) >= 11 is 0. The van der Waals surface area contributed by atoms with E-state index >= 15 is 0 Å². The average Bonchev–Trinajstić information content (AvgIpc) is 2.64. The van der Waals surface area contributed by atoms with Crippen molar-refractivity contribution in [3.8, 4) is 0 Å². The number of nitrogens with one attached hydrogen (secondary N) is 1. The van der Waals surface area contributed by atoms with Gasteiger partial charge in [-0.25, -0.2) is 4.79 Å². The summed E-state index contributed by atoms with van der Waals surface area (Å²) in [6.07, 6.45) is 3.12. The van der Waals surface area contributed by atoms with Crippen molar-refractivity contribution in [2.45, 2.75) is 6.42 Å². The third kappa shape index (κ3) is 2.12. The van der Waals surface area contributed by atoms with E-state index in [1.165, 1.54) is 20.4 Å². The van der Waals surface area contributed by atoms with Gasteiger partial charge in [0, 0.05) is 12.4 Å². The highest BCUT2D eigenvalue weighted by Gasteiger charge is 2.15. The maximum atomic E-state index is 11.2. The van der Waals surface area contributed by atoms with Gasteiger partial charge < -0.3 is 14.5 Å². The Morgan fingerprint density at radius 3 is 2.57 bits per heavy atom. The SMILES string of the molecule is COC(=O)Cc1c[nH]cc1C(=O)OC. The van der Waals surface area contributed by atoms with Crippen molar-refractivity contribution in [1.82, 2.24) is 4.98 Å². The molecule has 5 nitrogen and oxygen atoms in total. The molecule has 0 aliphatic rings. The molecular weight excluding hydrogens is 186 g/mol. The lowest BCUT2D eigenvalue weighted by molar-refractivity contribution is -0.139. The lowest BCUT2D eigenvalue weighted by Crippen LogP contribution is -2.09. The predicted octanol–water partition coefficient (Wildman–Crippen LogP) is 0.517. The van der Waals surface area contributed by atoms with Gasteiger partial charge in [-0.05, 0) is 5.56 Å². The van der Waals surface area contributed by atoms with Crippen LogP contribution in [0, 0.1) is 0 Å². The predicted molar refractivity (Wildman–Crippen MR) is 47.9 cm³/mol. The van der Waals surface area contributed by atoms with Crippen LogP contribution in [0.5, 0.6) is 0 Å². The van der Waals surface area contributed by atoms with E-state index in [2.05, 4.69) is 14.5 Å². The smallest absolute Gasteiger partial charge is 0.339 e. The maximum Gasteiger partial charge on any atom is 0.339 e. The molecule has 0 amide bonds. The molecule has 1 N–H and O–H groups in total. The minimum Gasteiger partial charge on any atom is -0.469 e. The molecule has 0 radical (unpaired) electrons. The minimum atomic E-state index is -0.467. The van der Waals surface area contributed by atoms with E-state index in [0.29, 0.717) is 11.1 Å². The molecule has 0 saturated heterocycles. The van der Waals surface area contributed by atoms with Gasteiger partial charge in [-0.15, -0.1) is 0 Å². The molecule has 0 bridgehead atoms. The number of ether oxygens (including phenoxy) is 2. The van der Waals surface area contributed by atoms with Gasteiger partial charge in [0.2, 0.25) is 0 Å². The molecule has 14 heavy (non-hydrogen) atoms. The molecule has 1 aromatic heterocycles. The van der Waals surface area contributed by atoms with Gasteiger partial charge >= 0.3 is 11.9 Å². The summed E-state index contributed by atoms with van der Waals surface area (Å²) in [5.41, 5.74) is 0.932. The molecule has 1 aromatic rings. The largest absolute Gasteiger partial charge is 0.469 e. The number of carbonyl (C=O) groups excluding carboxylic acids is 2. The molecule has 1 heterocycles. The summed E-state index contributed by atoms with van der Waals surface area (Å²) in [6.45, 7) is 0. The summed E-state index contributed by atoms with van der Waals surface area (Å²) in [5.74, 6) is -0.861. The average molecular weight is 197 g/mol.